The van der Waals surface area contributed by atoms with Crippen LogP contribution in [-0.4, -0.2) is 25.3 Å². The predicted molar refractivity (Wildman–Crippen MR) is 74.4 cm³/mol. The van der Waals surface area contributed by atoms with Crippen LogP contribution in [0.4, 0.5) is 0 Å². The van der Waals surface area contributed by atoms with E-state index in [0.29, 0.717) is 17.6 Å². The summed E-state index contributed by atoms with van der Waals surface area (Å²) in [4.78, 5) is 0. The molecule has 0 amide bonds. The smallest absolute Gasteiger partial charge is 0.0733 e. The Morgan fingerprint density at radius 3 is 2.65 bits per heavy atom. The summed E-state index contributed by atoms with van der Waals surface area (Å²) in [6.07, 6.45) is 8.07. The van der Waals surface area contributed by atoms with Gasteiger partial charge in [0, 0.05) is 12.6 Å². The van der Waals surface area contributed by atoms with Gasteiger partial charge in [0.2, 0.25) is 0 Å². The topological polar surface area (TPSA) is 21.3 Å². The number of hydrogen-bond donors (Lipinski definition) is 1. The van der Waals surface area contributed by atoms with E-state index in [1.165, 1.54) is 38.5 Å². The Morgan fingerprint density at radius 1 is 1.24 bits per heavy atom. The molecule has 2 atom stereocenters. The molecule has 2 nitrogen and oxygen atoms in total. The normalized spacial score (nSPS) is 28.2. The third kappa shape index (κ3) is 4.59. The van der Waals surface area contributed by atoms with E-state index in [2.05, 4.69) is 33.0 Å². The molecule has 0 bridgehead atoms. The molecule has 0 saturated heterocycles. The Morgan fingerprint density at radius 2 is 2.00 bits per heavy atom. The summed E-state index contributed by atoms with van der Waals surface area (Å²) in [5.41, 5.74) is 0.379. The van der Waals surface area contributed by atoms with Gasteiger partial charge in [-0.2, -0.15) is 0 Å². The standard InChI is InChI=1S/C15H31NO/c1-5-7-8-12-17-13-10-9-11-15(3,4)14(13)16-6-2/h13-14,16H,5-12H2,1-4H3. The Balaban J connectivity index is 2.43. The maximum absolute atomic E-state index is 6.12. The van der Waals surface area contributed by atoms with Crippen LogP contribution in [0.5, 0.6) is 0 Å². The van der Waals surface area contributed by atoms with Crippen LogP contribution in [0.1, 0.15) is 66.2 Å². The molecule has 1 fully saturated rings. The Hall–Kier alpha value is -0.0800. The van der Waals surface area contributed by atoms with Crippen molar-refractivity contribution in [2.75, 3.05) is 13.2 Å². The Bertz CT molecular complexity index is 203. The molecule has 2 heteroatoms. The minimum Gasteiger partial charge on any atom is -0.377 e. The van der Waals surface area contributed by atoms with E-state index in [1.807, 2.05) is 0 Å². The second kappa shape index (κ2) is 7.38. The molecule has 1 aliphatic rings. The second-order valence-corrected chi connectivity index (χ2v) is 6.03. The van der Waals surface area contributed by atoms with Crippen LogP contribution in [0.3, 0.4) is 0 Å². The molecule has 2 unspecified atom stereocenters. The molecule has 0 aromatic carbocycles. The zero-order valence-corrected chi connectivity index (χ0v) is 12.2. The van der Waals surface area contributed by atoms with Crippen molar-refractivity contribution in [2.45, 2.75) is 78.4 Å². The first-order valence-electron chi connectivity index (χ1n) is 7.46. The minimum atomic E-state index is 0.379. The molecule has 0 aliphatic heterocycles. The monoisotopic (exact) mass is 241 g/mol. The first-order chi connectivity index (χ1) is 8.11. The van der Waals surface area contributed by atoms with E-state index >= 15 is 0 Å². The van der Waals surface area contributed by atoms with Crippen LogP contribution in [0.25, 0.3) is 0 Å². The number of rotatable bonds is 7. The van der Waals surface area contributed by atoms with Gasteiger partial charge >= 0.3 is 0 Å². The first-order valence-corrected chi connectivity index (χ1v) is 7.46. The molecule has 1 saturated carbocycles. The summed E-state index contributed by atoms with van der Waals surface area (Å²) in [6.45, 7) is 11.2. The number of hydrogen-bond acceptors (Lipinski definition) is 2. The average Bonchev–Trinajstić information content (AvgIpc) is 2.28. The number of nitrogens with one attached hydrogen (secondary N) is 1. The molecule has 1 aliphatic carbocycles. The summed E-state index contributed by atoms with van der Waals surface area (Å²) in [6, 6.07) is 0.530. The van der Waals surface area contributed by atoms with Crippen LogP contribution < -0.4 is 5.32 Å². The molecule has 0 aromatic heterocycles. The van der Waals surface area contributed by atoms with E-state index in [-0.39, 0.29) is 0 Å². The number of unbranched alkanes of at least 4 members (excludes halogenated alkanes) is 2. The van der Waals surface area contributed by atoms with Crippen molar-refractivity contribution in [1.82, 2.24) is 5.32 Å². The highest BCUT2D eigenvalue weighted by Gasteiger charge is 2.38. The minimum absolute atomic E-state index is 0.379. The highest BCUT2D eigenvalue weighted by molar-refractivity contribution is 4.94. The quantitative estimate of drug-likeness (QED) is 0.685. The largest absolute Gasteiger partial charge is 0.377 e. The van der Waals surface area contributed by atoms with Gasteiger partial charge in [-0.3, -0.25) is 0 Å². The lowest BCUT2D eigenvalue weighted by molar-refractivity contribution is -0.0377. The molecule has 0 spiro atoms. The van der Waals surface area contributed by atoms with Crippen molar-refractivity contribution < 1.29 is 4.74 Å². The van der Waals surface area contributed by atoms with Gasteiger partial charge in [0.25, 0.3) is 0 Å². The van der Waals surface area contributed by atoms with Crippen molar-refractivity contribution >= 4 is 0 Å². The molecule has 0 radical (unpaired) electrons. The van der Waals surface area contributed by atoms with E-state index in [0.717, 1.165) is 13.2 Å². The molecule has 0 aromatic rings. The molecular weight excluding hydrogens is 210 g/mol. The third-order valence-electron chi connectivity index (χ3n) is 4.03. The fraction of sp³-hybridized carbons (Fsp3) is 1.00. The average molecular weight is 241 g/mol. The van der Waals surface area contributed by atoms with E-state index in [4.69, 9.17) is 4.74 Å². The van der Waals surface area contributed by atoms with Crippen LogP contribution in [0, 0.1) is 5.41 Å². The molecule has 17 heavy (non-hydrogen) atoms. The van der Waals surface area contributed by atoms with E-state index in [9.17, 15) is 0 Å². The zero-order chi connectivity index (χ0) is 12.7. The predicted octanol–water partition coefficient (Wildman–Crippen LogP) is 3.75. The van der Waals surface area contributed by atoms with Crippen molar-refractivity contribution in [3.63, 3.8) is 0 Å². The van der Waals surface area contributed by atoms with Crippen molar-refractivity contribution in [3.8, 4) is 0 Å². The fourth-order valence-corrected chi connectivity index (χ4v) is 2.98. The number of ether oxygens (including phenoxy) is 1. The third-order valence-corrected chi connectivity index (χ3v) is 4.03. The van der Waals surface area contributed by atoms with Gasteiger partial charge in [-0.1, -0.05) is 47.0 Å². The van der Waals surface area contributed by atoms with Crippen LogP contribution in [-0.2, 0) is 4.74 Å². The van der Waals surface area contributed by atoms with Gasteiger partial charge in [-0.15, -0.1) is 0 Å². The molecule has 1 N–H and O–H groups in total. The van der Waals surface area contributed by atoms with Crippen molar-refractivity contribution in [1.29, 1.82) is 0 Å². The van der Waals surface area contributed by atoms with E-state index < -0.39 is 0 Å². The summed E-state index contributed by atoms with van der Waals surface area (Å²) < 4.78 is 6.12. The summed E-state index contributed by atoms with van der Waals surface area (Å²) in [5.74, 6) is 0. The lowest BCUT2D eigenvalue weighted by Crippen LogP contribution is -2.53. The van der Waals surface area contributed by atoms with E-state index in [1.54, 1.807) is 0 Å². The molecular formula is C15H31NO. The molecule has 0 heterocycles. The van der Waals surface area contributed by atoms with Crippen LogP contribution in [0.15, 0.2) is 0 Å². The van der Waals surface area contributed by atoms with Gasteiger partial charge in [0.05, 0.1) is 6.10 Å². The van der Waals surface area contributed by atoms with Gasteiger partial charge in [0.1, 0.15) is 0 Å². The lowest BCUT2D eigenvalue weighted by Gasteiger charge is -2.44. The Kier molecular flexibility index (Phi) is 6.50. The van der Waals surface area contributed by atoms with Crippen LogP contribution in [0.2, 0.25) is 0 Å². The SMILES string of the molecule is CCCCCOC1CCCC(C)(C)C1NCC. The summed E-state index contributed by atoms with van der Waals surface area (Å²) in [5, 5.41) is 3.64. The highest BCUT2D eigenvalue weighted by Crippen LogP contribution is 2.37. The summed E-state index contributed by atoms with van der Waals surface area (Å²) >= 11 is 0. The number of likely N-dealkylation sites (N-methyl/N-ethyl adjacent to an activating group) is 1. The van der Waals surface area contributed by atoms with Crippen LogP contribution >= 0.6 is 0 Å². The van der Waals surface area contributed by atoms with Gasteiger partial charge in [-0.05, 0) is 31.2 Å². The van der Waals surface area contributed by atoms with Crippen molar-refractivity contribution in [3.05, 3.63) is 0 Å². The summed E-state index contributed by atoms with van der Waals surface area (Å²) in [7, 11) is 0. The maximum atomic E-state index is 6.12. The molecule has 1 rings (SSSR count). The highest BCUT2D eigenvalue weighted by atomic mass is 16.5. The van der Waals surface area contributed by atoms with Crippen molar-refractivity contribution in [2.24, 2.45) is 5.41 Å². The Labute approximate surface area is 108 Å². The first kappa shape index (κ1) is 15.0. The zero-order valence-electron chi connectivity index (χ0n) is 12.2. The lowest BCUT2D eigenvalue weighted by atomic mass is 9.71. The van der Waals surface area contributed by atoms with Gasteiger partial charge < -0.3 is 10.1 Å². The van der Waals surface area contributed by atoms with Gasteiger partial charge in [0.15, 0.2) is 0 Å². The van der Waals surface area contributed by atoms with Gasteiger partial charge in [-0.25, -0.2) is 0 Å². The second-order valence-electron chi connectivity index (χ2n) is 6.03. The molecule has 102 valence electrons. The maximum Gasteiger partial charge on any atom is 0.0733 e. The fourth-order valence-electron chi connectivity index (χ4n) is 2.98.